The molecule has 296 valence electrons. The number of hydrogen-bond donors (Lipinski definition) is 0. The molecule has 1 nitrogen and oxygen atoms in total. The molecule has 0 saturated heterocycles. The topological polar surface area (TPSA) is 3.24 Å². The number of rotatable bonds is 6. The third-order valence-electron chi connectivity index (χ3n) is 13.9. The summed E-state index contributed by atoms with van der Waals surface area (Å²) in [5.74, 6) is 0. The van der Waals surface area contributed by atoms with E-state index in [4.69, 9.17) is 0 Å². The van der Waals surface area contributed by atoms with Crippen LogP contribution in [0, 0.1) is 0 Å². The molecule has 2 aliphatic rings. The van der Waals surface area contributed by atoms with Crippen LogP contribution in [-0.2, 0) is 10.8 Å². The van der Waals surface area contributed by atoms with E-state index in [0.717, 1.165) is 11.4 Å². The van der Waals surface area contributed by atoms with Crippen molar-refractivity contribution >= 4 is 48.6 Å². The first kappa shape index (κ1) is 36.8. The first-order chi connectivity index (χ1) is 30.3. The van der Waals surface area contributed by atoms with Gasteiger partial charge in [-0.15, -0.1) is 11.3 Å². The van der Waals surface area contributed by atoms with Crippen molar-refractivity contribution in [3.8, 4) is 55.6 Å². The monoisotopic (exact) mass is 811 g/mol. The minimum absolute atomic E-state index is 0.0677. The smallest absolute Gasteiger partial charge is 0.0546 e. The summed E-state index contributed by atoms with van der Waals surface area (Å²) in [4.78, 5) is 2.58. The van der Waals surface area contributed by atoms with Gasteiger partial charge in [-0.3, -0.25) is 0 Å². The molecule has 12 rings (SSSR count). The number of nitrogens with zero attached hydrogens (tertiary/aromatic N) is 1. The molecule has 9 aromatic carbocycles. The van der Waals surface area contributed by atoms with Gasteiger partial charge in [-0.1, -0.05) is 185 Å². The van der Waals surface area contributed by atoms with Gasteiger partial charge in [0, 0.05) is 42.3 Å². The van der Waals surface area contributed by atoms with Crippen LogP contribution in [0.15, 0.2) is 200 Å². The molecule has 0 saturated carbocycles. The van der Waals surface area contributed by atoms with E-state index in [2.05, 4.69) is 233 Å². The first-order valence-electron chi connectivity index (χ1n) is 21.8. The fourth-order valence-electron chi connectivity index (χ4n) is 10.9. The zero-order valence-corrected chi connectivity index (χ0v) is 36.2. The molecule has 0 radical (unpaired) electrons. The van der Waals surface area contributed by atoms with Gasteiger partial charge in [-0.05, 0) is 115 Å². The third-order valence-corrected chi connectivity index (χ3v) is 15.0. The molecule has 0 unspecified atom stereocenters. The second kappa shape index (κ2) is 13.8. The Bertz CT molecular complexity index is 3400. The Balaban J connectivity index is 1.15. The lowest BCUT2D eigenvalue weighted by atomic mass is 9.81. The Morgan fingerprint density at radius 2 is 0.919 bits per heavy atom. The summed E-state index contributed by atoms with van der Waals surface area (Å²) in [6, 6.07) is 75.0. The average molecular weight is 812 g/mol. The number of anilines is 3. The summed E-state index contributed by atoms with van der Waals surface area (Å²) >= 11 is 1.87. The van der Waals surface area contributed by atoms with Crippen LogP contribution in [0.25, 0.3) is 75.8 Å². The number of benzene rings is 9. The predicted molar refractivity (Wildman–Crippen MR) is 265 cm³/mol. The van der Waals surface area contributed by atoms with Crippen molar-refractivity contribution in [2.45, 2.75) is 38.5 Å². The zero-order chi connectivity index (χ0) is 41.7. The maximum absolute atomic E-state index is 2.58. The van der Waals surface area contributed by atoms with E-state index in [1.54, 1.807) is 0 Å². The fourth-order valence-corrected chi connectivity index (χ4v) is 12.0. The van der Waals surface area contributed by atoms with Crippen LogP contribution in [0.5, 0.6) is 0 Å². The molecule has 1 aromatic heterocycles. The van der Waals surface area contributed by atoms with Crippen LogP contribution in [-0.4, -0.2) is 0 Å². The van der Waals surface area contributed by atoms with Gasteiger partial charge in [-0.2, -0.15) is 0 Å². The van der Waals surface area contributed by atoms with Gasteiger partial charge >= 0.3 is 0 Å². The third kappa shape index (κ3) is 5.46. The van der Waals surface area contributed by atoms with Gasteiger partial charge in [0.1, 0.15) is 0 Å². The molecule has 0 atom stereocenters. The lowest BCUT2D eigenvalue weighted by Crippen LogP contribution is -2.21. The normalized spacial score (nSPS) is 14.1. The highest BCUT2D eigenvalue weighted by Gasteiger charge is 2.40. The van der Waals surface area contributed by atoms with E-state index in [0.29, 0.717) is 0 Å². The summed E-state index contributed by atoms with van der Waals surface area (Å²) in [5, 5.41) is 2.58. The Hall–Kier alpha value is -7.00. The summed E-state index contributed by atoms with van der Waals surface area (Å²) < 4.78 is 2.61. The van der Waals surface area contributed by atoms with Crippen molar-refractivity contribution in [2.24, 2.45) is 0 Å². The Morgan fingerprint density at radius 1 is 0.355 bits per heavy atom. The summed E-state index contributed by atoms with van der Waals surface area (Å²) in [6.45, 7) is 9.53. The van der Waals surface area contributed by atoms with E-state index in [1.165, 1.54) is 104 Å². The Kier molecular flexibility index (Phi) is 8.17. The highest BCUT2D eigenvalue weighted by molar-refractivity contribution is 7.25. The van der Waals surface area contributed by atoms with Gasteiger partial charge in [0.25, 0.3) is 0 Å². The second-order valence-corrected chi connectivity index (χ2v) is 19.1. The highest BCUT2D eigenvalue weighted by atomic mass is 32.1. The molecule has 2 heteroatoms. The van der Waals surface area contributed by atoms with Crippen molar-refractivity contribution < 1.29 is 0 Å². The molecule has 1 heterocycles. The van der Waals surface area contributed by atoms with Gasteiger partial charge in [-0.25, -0.2) is 0 Å². The van der Waals surface area contributed by atoms with Gasteiger partial charge in [0.15, 0.2) is 0 Å². The highest BCUT2D eigenvalue weighted by Crippen LogP contribution is 2.57. The molecule has 10 aromatic rings. The maximum Gasteiger partial charge on any atom is 0.0546 e. The van der Waals surface area contributed by atoms with Crippen LogP contribution >= 0.6 is 11.3 Å². The second-order valence-electron chi connectivity index (χ2n) is 18.1. The minimum atomic E-state index is -0.227. The van der Waals surface area contributed by atoms with E-state index >= 15 is 0 Å². The average Bonchev–Trinajstić information content (AvgIpc) is 3.89. The standard InChI is InChI=1S/C60H45NS/c1-59(2)50-23-11-9-19-45(50)48-36-41(32-34-52(48)59)43-21-14-25-53(57(43)40-30-28-39(29-31-40)38-16-6-5-7-17-38)61(42-33-35-56-49(37-42)46-20-10-13-27-55(46)62-56)54-26-15-22-47-44-18-8-12-24-51(44)60(3,4)58(47)54/h5-37H,1-4H3. The summed E-state index contributed by atoms with van der Waals surface area (Å²) in [5.41, 5.74) is 21.2. The van der Waals surface area contributed by atoms with Crippen molar-refractivity contribution in [3.05, 3.63) is 222 Å². The van der Waals surface area contributed by atoms with Gasteiger partial charge < -0.3 is 4.90 Å². The largest absolute Gasteiger partial charge is 0.309 e. The quantitative estimate of drug-likeness (QED) is 0.162. The fraction of sp³-hybridized carbons (Fsp3) is 0.100. The SMILES string of the molecule is CC1(C)c2ccccc2-c2cc(-c3cccc(N(c4ccc5sc6ccccc6c5c4)c4cccc5c4C(C)(C)c4ccccc4-5)c3-c3ccc(-c4ccccc4)cc3)ccc21. The summed E-state index contributed by atoms with van der Waals surface area (Å²) in [6.07, 6.45) is 0. The molecular weight excluding hydrogens is 767 g/mol. The van der Waals surface area contributed by atoms with E-state index < -0.39 is 0 Å². The predicted octanol–water partition coefficient (Wildman–Crippen LogP) is 17.1. The molecule has 0 bridgehead atoms. The molecule has 0 amide bonds. The van der Waals surface area contributed by atoms with Crippen LogP contribution in [0.1, 0.15) is 49.9 Å². The lowest BCUT2D eigenvalue weighted by Gasteiger charge is -2.34. The summed E-state index contributed by atoms with van der Waals surface area (Å²) in [7, 11) is 0. The van der Waals surface area contributed by atoms with Crippen LogP contribution in [0.3, 0.4) is 0 Å². The van der Waals surface area contributed by atoms with Gasteiger partial charge in [0.05, 0.1) is 11.4 Å². The molecule has 2 aliphatic carbocycles. The minimum Gasteiger partial charge on any atom is -0.309 e. The molecule has 0 aliphatic heterocycles. The van der Waals surface area contributed by atoms with E-state index in [-0.39, 0.29) is 10.8 Å². The van der Waals surface area contributed by atoms with E-state index in [9.17, 15) is 0 Å². The van der Waals surface area contributed by atoms with Crippen LogP contribution < -0.4 is 4.90 Å². The zero-order valence-electron chi connectivity index (χ0n) is 35.4. The van der Waals surface area contributed by atoms with Gasteiger partial charge in [0.2, 0.25) is 0 Å². The van der Waals surface area contributed by atoms with E-state index in [1.807, 2.05) is 11.3 Å². The van der Waals surface area contributed by atoms with Crippen molar-refractivity contribution in [2.75, 3.05) is 4.90 Å². The first-order valence-corrected chi connectivity index (χ1v) is 22.6. The molecule has 0 spiro atoms. The molecule has 62 heavy (non-hydrogen) atoms. The lowest BCUT2D eigenvalue weighted by molar-refractivity contribution is 0.660. The van der Waals surface area contributed by atoms with Crippen molar-refractivity contribution in [1.82, 2.24) is 0 Å². The van der Waals surface area contributed by atoms with Crippen LogP contribution in [0.4, 0.5) is 17.1 Å². The molecule has 0 fully saturated rings. The van der Waals surface area contributed by atoms with Crippen molar-refractivity contribution in [3.63, 3.8) is 0 Å². The number of fused-ring (bicyclic) bond motifs is 9. The molecule has 0 N–H and O–H groups in total. The maximum atomic E-state index is 2.58. The number of hydrogen-bond acceptors (Lipinski definition) is 2. The Morgan fingerprint density at radius 3 is 1.71 bits per heavy atom. The number of thiophene rings is 1. The van der Waals surface area contributed by atoms with Crippen LogP contribution in [0.2, 0.25) is 0 Å². The Labute approximate surface area is 368 Å². The van der Waals surface area contributed by atoms with Crippen molar-refractivity contribution in [1.29, 1.82) is 0 Å². The molecular formula is C60H45NS.